The first-order valence-electron chi connectivity index (χ1n) is 18.4. The second-order valence-corrected chi connectivity index (χ2v) is 14.2. The molecule has 0 amide bonds. The van der Waals surface area contributed by atoms with Crippen molar-refractivity contribution >= 4 is 12.2 Å². The lowest BCUT2D eigenvalue weighted by molar-refractivity contribution is -0.277. The lowest BCUT2D eigenvalue weighted by Gasteiger charge is -2.39. The molecular formula is C41H44O18. The van der Waals surface area contributed by atoms with Gasteiger partial charge in [-0.25, -0.2) is 0 Å². The maximum absolute atomic E-state index is 10.8. The molecule has 0 bridgehead atoms. The molecule has 59 heavy (non-hydrogen) atoms. The van der Waals surface area contributed by atoms with Crippen LogP contribution in [0.25, 0.3) is 12.2 Å². The molecule has 2 fully saturated rings. The minimum atomic E-state index is -1.71. The summed E-state index contributed by atoms with van der Waals surface area (Å²) in [4.78, 5) is 0. The molecule has 2 saturated heterocycles. The van der Waals surface area contributed by atoms with Crippen LogP contribution in [-0.4, -0.2) is 138 Å². The number of fused-ring (bicyclic) bond motifs is 1. The maximum Gasteiger partial charge on any atom is 0.229 e. The van der Waals surface area contributed by atoms with Gasteiger partial charge < -0.3 is 89.3 Å². The highest BCUT2D eigenvalue weighted by molar-refractivity contribution is 5.72. The Bertz CT molecular complexity index is 2120. The van der Waals surface area contributed by atoms with E-state index < -0.39 is 86.8 Å². The van der Waals surface area contributed by atoms with Gasteiger partial charge in [-0.05, 0) is 59.7 Å². The number of aliphatic hydroxyl groups excluding tert-OH is 8. The smallest absolute Gasteiger partial charge is 0.229 e. The van der Waals surface area contributed by atoms with Crippen molar-refractivity contribution in [1.82, 2.24) is 0 Å². The molecule has 0 unspecified atom stereocenters. The molecule has 4 aromatic rings. The highest BCUT2D eigenvalue weighted by Gasteiger charge is 2.46. The van der Waals surface area contributed by atoms with Crippen LogP contribution >= 0.6 is 0 Å². The Hall–Kier alpha value is -5.38. The number of hydrogen-bond acceptors (Lipinski definition) is 18. The van der Waals surface area contributed by atoms with Crippen molar-refractivity contribution in [3.63, 3.8) is 0 Å². The largest absolute Gasteiger partial charge is 0.508 e. The second kappa shape index (κ2) is 17.5. The van der Waals surface area contributed by atoms with E-state index in [1.54, 1.807) is 42.5 Å². The van der Waals surface area contributed by atoms with E-state index in [0.717, 1.165) is 0 Å². The quantitative estimate of drug-likeness (QED) is 0.0923. The third-order valence-corrected chi connectivity index (χ3v) is 10.1. The number of methoxy groups -OCH3 is 1. The van der Waals surface area contributed by atoms with Gasteiger partial charge in [-0.3, -0.25) is 0 Å². The molecule has 0 spiro atoms. The minimum Gasteiger partial charge on any atom is -0.508 e. The van der Waals surface area contributed by atoms with Crippen LogP contribution < -0.4 is 23.7 Å². The molecule has 316 valence electrons. The van der Waals surface area contributed by atoms with Crippen molar-refractivity contribution in [1.29, 1.82) is 0 Å². The summed E-state index contributed by atoms with van der Waals surface area (Å²) in [5, 5.41) is 112. The molecule has 18 nitrogen and oxygen atoms in total. The van der Waals surface area contributed by atoms with Gasteiger partial charge in [-0.15, -0.1) is 0 Å². The zero-order valence-electron chi connectivity index (χ0n) is 31.2. The fourth-order valence-electron chi connectivity index (χ4n) is 6.97. The van der Waals surface area contributed by atoms with Crippen LogP contribution in [0.1, 0.15) is 34.5 Å². The highest BCUT2D eigenvalue weighted by atomic mass is 16.7. The van der Waals surface area contributed by atoms with Crippen molar-refractivity contribution < 1.29 is 89.3 Å². The summed E-state index contributed by atoms with van der Waals surface area (Å²) >= 11 is 0. The Balaban J connectivity index is 1.15. The maximum atomic E-state index is 10.8. The summed E-state index contributed by atoms with van der Waals surface area (Å²) in [5.74, 6) is 0.212. The lowest BCUT2D eigenvalue weighted by Crippen LogP contribution is -2.60. The zero-order valence-corrected chi connectivity index (χ0v) is 31.2. The van der Waals surface area contributed by atoms with Gasteiger partial charge in [0.05, 0.1) is 20.3 Å². The summed E-state index contributed by atoms with van der Waals surface area (Å²) in [5.41, 5.74) is 1.92. The Labute approximate surface area is 336 Å². The molecule has 3 heterocycles. The van der Waals surface area contributed by atoms with E-state index in [1.807, 2.05) is 0 Å². The van der Waals surface area contributed by atoms with Crippen LogP contribution in [0.2, 0.25) is 0 Å². The summed E-state index contributed by atoms with van der Waals surface area (Å²) in [6.07, 6.45) is -13.9. The number of phenolic OH excluding ortho intramolecular Hbond substituents is 3. The number of phenols is 3. The molecule has 0 saturated carbocycles. The summed E-state index contributed by atoms with van der Waals surface area (Å²) in [6, 6.07) is 18.0. The standard InChI is InChI=1S/C41H44O18/c1-53-28-13-20(5-6-26(28)46)38-39(21-11-23(45)15-25(12-21)55-41-37(52)35(50)33(48)31(17-43)59-41)56-27-7-4-18(10-29(27)57-38)2-3-19-8-22(44)14-24(9-19)54-40-36(51)34(49)32(47)30(16-42)58-40/h2-15,30-52H,16-17H2,1H3/b3-2+/t30-,31-,32-,33-,34+,35+,36-,37-,38+,39+,40-,41-/m1/s1. The molecule has 11 N–H and O–H groups in total. The van der Waals surface area contributed by atoms with Crippen LogP contribution in [0.15, 0.2) is 72.8 Å². The van der Waals surface area contributed by atoms with Gasteiger partial charge in [0.1, 0.15) is 71.8 Å². The Morgan fingerprint density at radius 2 is 1.10 bits per heavy atom. The van der Waals surface area contributed by atoms with E-state index in [0.29, 0.717) is 33.8 Å². The second-order valence-electron chi connectivity index (χ2n) is 14.2. The van der Waals surface area contributed by atoms with Crippen molar-refractivity contribution in [2.45, 2.75) is 73.6 Å². The third-order valence-electron chi connectivity index (χ3n) is 10.1. The minimum absolute atomic E-state index is 0.0186. The Morgan fingerprint density at radius 3 is 1.71 bits per heavy atom. The van der Waals surface area contributed by atoms with Crippen LogP contribution in [0, 0.1) is 0 Å². The van der Waals surface area contributed by atoms with Gasteiger partial charge in [-0.1, -0.05) is 24.3 Å². The predicted molar refractivity (Wildman–Crippen MR) is 202 cm³/mol. The van der Waals surface area contributed by atoms with Gasteiger partial charge >= 0.3 is 0 Å². The summed E-state index contributed by atoms with van der Waals surface area (Å²) in [7, 11) is 1.39. The van der Waals surface area contributed by atoms with E-state index >= 15 is 0 Å². The molecule has 0 aliphatic carbocycles. The predicted octanol–water partition coefficient (Wildman–Crippen LogP) is 0.594. The van der Waals surface area contributed by atoms with E-state index in [1.165, 1.54) is 49.6 Å². The SMILES string of the molecule is COc1cc([C@@H]2Oc3cc(/C=C/c4cc(O)cc(O[C@@H]5O[C@H](CO)[C@@H](O)[C@H](O)[C@H]5O)c4)ccc3O[C@H]2c2cc(O)cc(O[C@@H]3O[C@H](CO)[C@@H](O)[C@H](O)[C@H]3O)c2)ccc1O. The van der Waals surface area contributed by atoms with E-state index in [2.05, 4.69) is 0 Å². The molecule has 3 aliphatic rings. The highest BCUT2D eigenvalue weighted by Crippen LogP contribution is 2.48. The zero-order chi connectivity index (χ0) is 42.1. The number of ether oxygens (including phenoxy) is 7. The van der Waals surface area contributed by atoms with Crippen molar-refractivity contribution in [3.8, 4) is 46.0 Å². The topological polar surface area (TPSA) is 287 Å². The van der Waals surface area contributed by atoms with Gasteiger partial charge in [-0.2, -0.15) is 0 Å². The van der Waals surface area contributed by atoms with Gasteiger partial charge in [0.2, 0.25) is 12.6 Å². The van der Waals surface area contributed by atoms with Crippen LogP contribution in [0.4, 0.5) is 0 Å². The van der Waals surface area contributed by atoms with Gasteiger partial charge in [0.15, 0.2) is 35.2 Å². The number of rotatable bonds is 11. The fraction of sp³-hybridized carbons (Fsp3) is 0.366. The van der Waals surface area contributed by atoms with Crippen molar-refractivity contribution in [3.05, 3.63) is 95.1 Å². The van der Waals surface area contributed by atoms with Crippen LogP contribution in [0.5, 0.6) is 46.0 Å². The Kier molecular flexibility index (Phi) is 12.4. The average Bonchev–Trinajstić information content (AvgIpc) is 3.22. The van der Waals surface area contributed by atoms with E-state index in [-0.39, 0.29) is 34.5 Å². The molecule has 0 radical (unpaired) electrons. The molecule has 18 heteroatoms. The first kappa shape index (κ1) is 41.8. The molecule has 12 atom stereocenters. The van der Waals surface area contributed by atoms with Crippen LogP contribution in [-0.2, 0) is 9.47 Å². The number of aliphatic hydroxyl groups is 8. The summed E-state index contributed by atoms with van der Waals surface area (Å²) < 4.78 is 40.8. The monoisotopic (exact) mass is 824 g/mol. The first-order chi connectivity index (χ1) is 28.3. The molecule has 4 aromatic carbocycles. The average molecular weight is 825 g/mol. The normalized spacial score (nSPS) is 30.5. The lowest BCUT2D eigenvalue weighted by atomic mass is 9.95. The first-order valence-corrected chi connectivity index (χ1v) is 18.4. The third kappa shape index (κ3) is 8.82. The fourth-order valence-corrected chi connectivity index (χ4v) is 6.97. The molecule has 3 aliphatic heterocycles. The van der Waals surface area contributed by atoms with Crippen molar-refractivity contribution in [2.24, 2.45) is 0 Å². The van der Waals surface area contributed by atoms with E-state index in [9.17, 15) is 56.2 Å². The molecule has 0 aromatic heterocycles. The molecular weight excluding hydrogens is 780 g/mol. The van der Waals surface area contributed by atoms with Gasteiger partial charge in [0, 0.05) is 23.3 Å². The summed E-state index contributed by atoms with van der Waals surface area (Å²) in [6.45, 7) is -1.31. The van der Waals surface area contributed by atoms with Gasteiger partial charge in [0.25, 0.3) is 0 Å². The van der Waals surface area contributed by atoms with Crippen molar-refractivity contribution in [2.75, 3.05) is 20.3 Å². The molecule has 7 rings (SSSR count). The Morgan fingerprint density at radius 1 is 0.542 bits per heavy atom. The number of benzene rings is 4. The number of aromatic hydroxyl groups is 3. The van der Waals surface area contributed by atoms with E-state index in [4.69, 9.17) is 33.2 Å². The van der Waals surface area contributed by atoms with Crippen LogP contribution in [0.3, 0.4) is 0 Å². The number of hydrogen-bond donors (Lipinski definition) is 11.